The lowest BCUT2D eigenvalue weighted by molar-refractivity contribution is -0.385. The maximum absolute atomic E-state index is 11.9. The highest BCUT2D eigenvalue weighted by atomic mass is 35.5. The van der Waals surface area contributed by atoms with Crippen LogP contribution >= 0.6 is 11.6 Å². The molecule has 0 heterocycles. The van der Waals surface area contributed by atoms with Crippen molar-refractivity contribution in [2.24, 2.45) is 0 Å². The summed E-state index contributed by atoms with van der Waals surface area (Å²) in [7, 11) is 0. The van der Waals surface area contributed by atoms with Crippen LogP contribution in [0.15, 0.2) is 42.5 Å². The Hall–Kier alpha value is -3.44. The van der Waals surface area contributed by atoms with Crippen molar-refractivity contribution in [1.82, 2.24) is 0 Å². The van der Waals surface area contributed by atoms with Crippen molar-refractivity contribution in [2.45, 2.75) is 0 Å². The van der Waals surface area contributed by atoms with E-state index in [9.17, 15) is 19.7 Å². The van der Waals surface area contributed by atoms with Crippen LogP contribution in [0.2, 0.25) is 5.02 Å². The highest BCUT2D eigenvalue weighted by Crippen LogP contribution is 2.23. The smallest absolute Gasteiger partial charge is 0.345 e. The summed E-state index contributed by atoms with van der Waals surface area (Å²) < 4.78 is 4.79. The fourth-order valence-corrected chi connectivity index (χ4v) is 2.07. The summed E-state index contributed by atoms with van der Waals surface area (Å²) >= 11 is 5.66. The minimum absolute atomic E-state index is 0.0957. The molecule has 2 aromatic carbocycles. The van der Waals surface area contributed by atoms with Crippen LogP contribution < -0.4 is 5.32 Å². The van der Waals surface area contributed by atoms with Gasteiger partial charge in [-0.15, -0.1) is 0 Å². The van der Waals surface area contributed by atoms with Crippen molar-refractivity contribution >= 4 is 34.9 Å². The van der Waals surface area contributed by atoms with E-state index in [2.05, 4.69) is 5.32 Å². The van der Waals surface area contributed by atoms with Crippen LogP contribution in [0, 0.1) is 21.4 Å². The zero-order valence-corrected chi connectivity index (χ0v) is 13.3. The predicted molar refractivity (Wildman–Crippen MR) is 88.2 cm³/mol. The van der Waals surface area contributed by atoms with E-state index in [1.54, 1.807) is 18.2 Å². The summed E-state index contributed by atoms with van der Waals surface area (Å²) in [4.78, 5) is 33.9. The molecule has 1 amide bonds. The van der Waals surface area contributed by atoms with Gasteiger partial charge < -0.3 is 10.1 Å². The van der Waals surface area contributed by atoms with Gasteiger partial charge in [-0.2, -0.15) is 5.26 Å². The molecule has 0 aliphatic rings. The summed E-state index contributed by atoms with van der Waals surface area (Å²) in [6.45, 7) is -0.643. The largest absolute Gasteiger partial charge is 0.452 e. The number of nitro benzene ring substituents is 1. The quantitative estimate of drug-likeness (QED) is 0.497. The number of anilines is 1. The molecule has 0 unspecified atom stereocenters. The molecule has 0 fully saturated rings. The fourth-order valence-electron chi connectivity index (χ4n) is 1.90. The number of esters is 1. The number of hydrogen-bond acceptors (Lipinski definition) is 6. The lowest BCUT2D eigenvalue weighted by Gasteiger charge is -2.07. The summed E-state index contributed by atoms with van der Waals surface area (Å²) in [5.74, 6) is -1.68. The maximum Gasteiger partial charge on any atom is 0.345 e. The number of nitrogens with one attached hydrogen (secondary N) is 1. The highest BCUT2D eigenvalue weighted by molar-refractivity contribution is 6.31. The summed E-state index contributed by atoms with van der Waals surface area (Å²) in [6, 6.07) is 11.5. The van der Waals surface area contributed by atoms with E-state index in [0.717, 1.165) is 12.1 Å². The van der Waals surface area contributed by atoms with Crippen molar-refractivity contribution in [3.05, 3.63) is 68.7 Å². The summed E-state index contributed by atoms with van der Waals surface area (Å²) in [5, 5.41) is 22.3. The standard InChI is InChI=1S/C16H10ClN3O5/c17-11-4-5-13(14(7-11)20(23)24)16(22)25-9-15(21)19-12-3-1-2-10(6-12)8-18/h1-7H,9H2,(H,19,21). The van der Waals surface area contributed by atoms with Gasteiger partial charge >= 0.3 is 5.97 Å². The minimum Gasteiger partial charge on any atom is -0.452 e. The number of carbonyl (C=O) groups excluding carboxylic acids is 2. The Bertz CT molecular complexity index is 892. The topological polar surface area (TPSA) is 122 Å². The second kappa shape index (κ2) is 7.90. The summed E-state index contributed by atoms with van der Waals surface area (Å²) in [5.41, 5.74) is -0.113. The van der Waals surface area contributed by atoms with Crippen LogP contribution in [-0.2, 0) is 9.53 Å². The molecule has 0 saturated heterocycles. The van der Waals surface area contributed by atoms with Gasteiger partial charge in [0.15, 0.2) is 6.61 Å². The molecule has 0 bridgehead atoms. The van der Waals surface area contributed by atoms with E-state index >= 15 is 0 Å². The van der Waals surface area contributed by atoms with E-state index in [-0.39, 0.29) is 10.6 Å². The number of amides is 1. The van der Waals surface area contributed by atoms with Crippen LogP contribution in [0.4, 0.5) is 11.4 Å². The van der Waals surface area contributed by atoms with Crippen molar-refractivity contribution in [3.63, 3.8) is 0 Å². The Morgan fingerprint density at radius 1 is 1.28 bits per heavy atom. The zero-order chi connectivity index (χ0) is 18.4. The number of ether oxygens (including phenoxy) is 1. The first kappa shape index (κ1) is 17.9. The molecule has 8 nitrogen and oxygen atoms in total. The molecule has 1 N–H and O–H groups in total. The minimum atomic E-state index is -1.02. The molecule has 2 aromatic rings. The van der Waals surface area contributed by atoms with Crippen LogP contribution in [0.1, 0.15) is 15.9 Å². The predicted octanol–water partition coefficient (Wildman–Crippen LogP) is 2.92. The first-order chi connectivity index (χ1) is 11.9. The third-order valence-electron chi connectivity index (χ3n) is 2.99. The van der Waals surface area contributed by atoms with Gasteiger partial charge in [-0.05, 0) is 30.3 Å². The first-order valence-corrected chi connectivity index (χ1v) is 7.19. The Morgan fingerprint density at radius 3 is 2.72 bits per heavy atom. The van der Waals surface area contributed by atoms with Crippen LogP contribution in [0.25, 0.3) is 0 Å². The molecule has 0 radical (unpaired) electrons. The highest BCUT2D eigenvalue weighted by Gasteiger charge is 2.22. The molecule has 0 atom stereocenters. The van der Waals surface area contributed by atoms with Crippen molar-refractivity contribution in [3.8, 4) is 6.07 Å². The Labute approximate surface area is 146 Å². The number of hydrogen-bond donors (Lipinski definition) is 1. The van der Waals surface area contributed by atoms with Gasteiger partial charge in [-0.3, -0.25) is 14.9 Å². The van der Waals surface area contributed by atoms with E-state index in [4.69, 9.17) is 21.6 Å². The Balaban J connectivity index is 2.01. The molecule has 0 spiro atoms. The van der Waals surface area contributed by atoms with Gasteiger partial charge in [-0.25, -0.2) is 4.79 Å². The van der Waals surface area contributed by atoms with Gasteiger partial charge in [0, 0.05) is 16.8 Å². The van der Waals surface area contributed by atoms with Crippen LogP contribution in [-0.4, -0.2) is 23.4 Å². The molecule has 9 heteroatoms. The molecule has 2 rings (SSSR count). The first-order valence-electron chi connectivity index (χ1n) is 6.82. The number of benzene rings is 2. The van der Waals surface area contributed by atoms with Gasteiger partial charge in [0.2, 0.25) is 0 Å². The second-order valence-electron chi connectivity index (χ2n) is 4.74. The molecule has 0 saturated carbocycles. The fraction of sp³-hybridized carbons (Fsp3) is 0.0625. The lowest BCUT2D eigenvalue weighted by atomic mass is 10.2. The monoisotopic (exact) mass is 359 g/mol. The Morgan fingerprint density at radius 2 is 2.04 bits per heavy atom. The molecule has 126 valence electrons. The molecular formula is C16H10ClN3O5. The van der Waals surface area contributed by atoms with Gasteiger partial charge in [0.1, 0.15) is 5.56 Å². The normalized spacial score (nSPS) is 9.76. The molecular weight excluding hydrogens is 350 g/mol. The molecule has 0 aliphatic heterocycles. The van der Waals surface area contributed by atoms with Crippen molar-refractivity contribution in [1.29, 1.82) is 5.26 Å². The van der Waals surface area contributed by atoms with Gasteiger partial charge in [0.25, 0.3) is 11.6 Å². The Kier molecular flexibility index (Phi) is 5.66. The third-order valence-corrected chi connectivity index (χ3v) is 3.22. The second-order valence-corrected chi connectivity index (χ2v) is 5.17. The third kappa shape index (κ3) is 4.76. The number of carbonyl (C=O) groups is 2. The summed E-state index contributed by atoms with van der Waals surface area (Å²) in [6.07, 6.45) is 0. The van der Waals surface area contributed by atoms with Crippen molar-refractivity contribution in [2.75, 3.05) is 11.9 Å². The van der Waals surface area contributed by atoms with Gasteiger partial charge in [0.05, 0.1) is 16.6 Å². The van der Waals surface area contributed by atoms with E-state index in [0.29, 0.717) is 11.3 Å². The zero-order valence-electron chi connectivity index (χ0n) is 12.6. The number of rotatable bonds is 5. The lowest BCUT2D eigenvalue weighted by Crippen LogP contribution is -2.21. The molecule has 25 heavy (non-hydrogen) atoms. The SMILES string of the molecule is N#Cc1cccc(NC(=O)COC(=O)c2ccc(Cl)cc2[N+](=O)[O-])c1. The molecule has 0 aromatic heterocycles. The van der Waals surface area contributed by atoms with E-state index < -0.39 is 29.1 Å². The van der Waals surface area contributed by atoms with Crippen molar-refractivity contribution < 1.29 is 19.2 Å². The maximum atomic E-state index is 11.9. The molecule has 0 aliphatic carbocycles. The van der Waals surface area contributed by atoms with E-state index in [1.807, 2.05) is 6.07 Å². The van der Waals surface area contributed by atoms with Crippen LogP contribution in [0.5, 0.6) is 0 Å². The van der Waals surface area contributed by atoms with Crippen LogP contribution in [0.3, 0.4) is 0 Å². The average Bonchev–Trinajstić information content (AvgIpc) is 2.59. The van der Waals surface area contributed by atoms with Gasteiger partial charge in [-0.1, -0.05) is 17.7 Å². The van der Waals surface area contributed by atoms with E-state index in [1.165, 1.54) is 12.1 Å². The number of halogens is 1. The number of nitrogens with zero attached hydrogens (tertiary/aromatic N) is 2. The average molecular weight is 360 g/mol. The number of nitro groups is 1. The number of nitriles is 1.